The standard InChI is InChI=1S/C24H26ClNO2/c1-17(26-16-24(27)21-4-3-5-22(25)15-21)14-18-6-8-19(9-7-18)20-10-12-23(28-2)13-11-20/h3-13,15,17,24,26-27H,14,16H2,1-2H3. The second kappa shape index (κ2) is 9.74. The summed E-state index contributed by atoms with van der Waals surface area (Å²) in [7, 11) is 1.67. The Hall–Kier alpha value is -2.33. The third-order valence-corrected chi connectivity index (χ3v) is 5.05. The molecule has 0 aliphatic carbocycles. The summed E-state index contributed by atoms with van der Waals surface area (Å²) in [6.45, 7) is 2.62. The minimum Gasteiger partial charge on any atom is -0.497 e. The van der Waals surface area contributed by atoms with E-state index in [4.69, 9.17) is 16.3 Å². The molecule has 146 valence electrons. The molecule has 4 heteroatoms. The molecule has 0 amide bonds. The zero-order chi connectivity index (χ0) is 19.9. The maximum Gasteiger partial charge on any atom is 0.118 e. The van der Waals surface area contributed by atoms with Crippen LogP contribution in [0.4, 0.5) is 0 Å². The van der Waals surface area contributed by atoms with Gasteiger partial charge in [0.25, 0.3) is 0 Å². The fraction of sp³-hybridized carbons (Fsp3) is 0.250. The lowest BCUT2D eigenvalue weighted by molar-refractivity contribution is 0.170. The number of methoxy groups -OCH3 is 1. The lowest BCUT2D eigenvalue weighted by atomic mass is 10.0. The molecule has 0 radical (unpaired) electrons. The summed E-state index contributed by atoms with van der Waals surface area (Å²) < 4.78 is 5.21. The van der Waals surface area contributed by atoms with Gasteiger partial charge in [0.15, 0.2) is 0 Å². The number of aliphatic hydroxyl groups excluding tert-OH is 1. The van der Waals surface area contributed by atoms with Crippen molar-refractivity contribution in [3.8, 4) is 16.9 Å². The van der Waals surface area contributed by atoms with Gasteiger partial charge in [-0.05, 0) is 59.9 Å². The number of hydrogen-bond acceptors (Lipinski definition) is 3. The Labute approximate surface area is 171 Å². The van der Waals surface area contributed by atoms with Crippen LogP contribution in [0.5, 0.6) is 5.75 Å². The number of hydrogen-bond donors (Lipinski definition) is 2. The van der Waals surface area contributed by atoms with Crippen LogP contribution in [-0.4, -0.2) is 24.8 Å². The Bertz CT molecular complexity index is 878. The third kappa shape index (κ3) is 5.59. The van der Waals surface area contributed by atoms with Crippen molar-refractivity contribution in [3.05, 3.63) is 88.9 Å². The first kappa shape index (κ1) is 20.4. The minimum absolute atomic E-state index is 0.251. The van der Waals surface area contributed by atoms with Gasteiger partial charge in [-0.15, -0.1) is 0 Å². The third-order valence-electron chi connectivity index (χ3n) is 4.81. The van der Waals surface area contributed by atoms with Gasteiger partial charge in [0.05, 0.1) is 13.2 Å². The van der Waals surface area contributed by atoms with Crippen molar-refractivity contribution >= 4 is 11.6 Å². The molecule has 2 atom stereocenters. The van der Waals surface area contributed by atoms with Gasteiger partial charge in [-0.2, -0.15) is 0 Å². The van der Waals surface area contributed by atoms with Crippen molar-refractivity contribution in [2.24, 2.45) is 0 Å². The molecule has 0 fully saturated rings. The molecule has 0 aliphatic heterocycles. The quantitative estimate of drug-likeness (QED) is 0.546. The van der Waals surface area contributed by atoms with Crippen molar-refractivity contribution in [1.82, 2.24) is 5.32 Å². The van der Waals surface area contributed by atoms with E-state index < -0.39 is 6.10 Å². The van der Waals surface area contributed by atoms with Crippen LogP contribution in [0, 0.1) is 0 Å². The predicted octanol–water partition coefficient (Wildman–Crippen LogP) is 5.27. The molecule has 28 heavy (non-hydrogen) atoms. The molecule has 2 N–H and O–H groups in total. The molecule has 0 bridgehead atoms. The molecular formula is C24H26ClNO2. The van der Waals surface area contributed by atoms with Crippen molar-refractivity contribution in [3.63, 3.8) is 0 Å². The summed E-state index contributed by atoms with van der Waals surface area (Å²) >= 11 is 5.99. The van der Waals surface area contributed by atoms with Gasteiger partial charge >= 0.3 is 0 Å². The Morgan fingerprint density at radius 1 is 0.964 bits per heavy atom. The monoisotopic (exact) mass is 395 g/mol. The molecule has 0 spiro atoms. The Morgan fingerprint density at radius 2 is 1.61 bits per heavy atom. The zero-order valence-corrected chi connectivity index (χ0v) is 17.0. The second-order valence-corrected chi connectivity index (χ2v) is 7.45. The van der Waals surface area contributed by atoms with Gasteiger partial charge in [-0.25, -0.2) is 0 Å². The maximum absolute atomic E-state index is 10.3. The highest BCUT2D eigenvalue weighted by atomic mass is 35.5. The largest absolute Gasteiger partial charge is 0.497 e. The van der Waals surface area contributed by atoms with Crippen LogP contribution in [0.3, 0.4) is 0 Å². The topological polar surface area (TPSA) is 41.5 Å². The summed E-state index contributed by atoms with van der Waals surface area (Å²) in [6, 6.07) is 24.3. The van der Waals surface area contributed by atoms with Crippen LogP contribution in [0.15, 0.2) is 72.8 Å². The van der Waals surface area contributed by atoms with Crippen molar-refractivity contribution in [2.75, 3.05) is 13.7 Å². The van der Waals surface area contributed by atoms with Crippen molar-refractivity contribution in [1.29, 1.82) is 0 Å². The molecule has 3 aromatic carbocycles. The van der Waals surface area contributed by atoms with Crippen LogP contribution in [0.25, 0.3) is 11.1 Å². The highest BCUT2D eigenvalue weighted by Gasteiger charge is 2.10. The Kier molecular flexibility index (Phi) is 7.10. The van der Waals surface area contributed by atoms with Gasteiger partial charge in [-0.1, -0.05) is 60.1 Å². The first-order chi connectivity index (χ1) is 13.5. The molecule has 0 saturated carbocycles. The minimum atomic E-state index is -0.571. The molecular weight excluding hydrogens is 370 g/mol. The first-order valence-electron chi connectivity index (χ1n) is 9.45. The normalized spacial score (nSPS) is 13.1. The number of benzene rings is 3. The molecule has 3 rings (SSSR count). The summed E-state index contributed by atoms with van der Waals surface area (Å²) in [5.74, 6) is 0.861. The van der Waals surface area contributed by atoms with Crippen LogP contribution < -0.4 is 10.1 Å². The average Bonchev–Trinajstić information content (AvgIpc) is 2.72. The molecule has 0 heterocycles. The fourth-order valence-electron chi connectivity index (χ4n) is 3.19. The van der Waals surface area contributed by atoms with E-state index in [0.29, 0.717) is 11.6 Å². The summed E-state index contributed by atoms with van der Waals surface area (Å²) in [6.07, 6.45) is 0.323. The van der Waals surface area contributed by atoms with Crippen molar-refractivity contribution in [2.45, 2.75) is 25.5 Å². The number of ether oxygens (including phenoxy) is 1. The molecule has 0 aromatic heterocycles. The molecule has 3 aromatic rings. The van der Waals surface area contributed by atoms with Gasteiger partial charge < -0.3 is 15.2 Å². The number of rotatable bonds is 8. The lowest BCUT2D eigenvalue weighted by Gasteiger charge is -2.18. The van der Waals surface area contributed by atoms with Gasteiger partial charge in [0.1, 0.15) is 5.75 Å². The van der Waals surface area contributed by atoms with Gasteiger partial charge in [-0.3, -0.25) is 0 Å². The predicted molar refractivity (Wildman–Crippen MR) is 116 cm³/mol. The fourth-order valence-corrected chi connectivity index (χ4v) is 3.39. The maximum atomic E-state index is 10.3. The van der Waals surface area contributed by atoms with E-state index in [-0.39, 0.29) is 6.04 Å². The van der Waals surface area contributed by atoms with E-state index in [0.717, 1.165) is 17.7 Å². The average molecular weight is 396 g/mol. The van der Waals surface area contributed by atoms with E-state index in [1.54, 1.807) is 13.2 Å². The summed E-state index contributed by atoms with van der Waals surface area (Å²) in [5.41, 5.74) is 4.44. The van der Waals surface area contributed by atoms with Gasteiger partial charge in [0.2, 0.25) is 0 Å². The highest BCUT2D eigenvalue weighted by molar-refractivity contribution is 6.30. The van der Waals surface area contributed by atoms with E-state index in [2.05, 4.69) is 48.6 Å². The highest BCUT2D eigenvalue weighted by Crippen LogP contribution is 2.23. The zero-order valence-electron chi connectivity index (χ0n) is 16.2. The molecule has 0 aliphatic rings. The van der Waals surface area contributed by atoms with E-state index in [9.17, 15) is 5.11 Å². The van der Waals surface area contributed by atoms with Gasteiger partial charge in [0, 0.05) is 17.6 Å². The second-order valence-electron chi connectivity index (χ2n) is 7.01. The number of halogens is 1. The van der Waals surface area contributed by atoms with Crippen LogP contribution in [0.2, 0.25) is 5.02 Å². The van der Waals surface area contributed by atoms with E-state index in [1.165, 1.54) is 16.7 Å². The number of nitrogens with one attached hydrogen (secondary N) is 1. The molecule has 3 nitrogen and oxygen atoms in total. The first-order valence-corrected chi connectivity index (χ1v) is 9.83. The lowest BCUT2D eigenvalue weighted by Crippen LogP contribution is -2.32. The Morgan fingerprint density at radius 3 is 2.21 bits per heavy atom. The summed E-state index contributed by atoms with van der Waals surface area (Å²) in [4.78, 5) is 0. The van der Waals surface area contributed by atoms with E-state index >= 15 is 0 Å². The molecule has 0 saturated heterocycles. The van der Waals surface area contributed by atoms with Crippen LogP contribution >= 0.6 is 11.6 Å². The van der Waals surface area contributed by atoms with E-state index in [1.807, 2.05) is 30.3 Å². The SMILES string of the molecule is COc1ccc(-c2ccc(CC(C)NCC(O)c3cccc(Cl)c3)cc2)cc1. The van der Waals surface area contributed by atoms with Crippen LogP contribution in [-0.2, 0) is 6.42 Å². The van der Waals surface area contributed by atoms with Crippen LogP contribution in [0.1, 0.15) is 24.2 Å². The number of aliphatic hydroxyl groups is 1. The van der Waals surface area contributed by atoms with Crippen molar-refractivity contribution < 1.29 is 9.84 Å². The Balaban J connectivity index is 1.53. The summed E-state index contributed by atoms with van der Waals surface area (Å²) in [5, 5.41) is 14.4. The molecule has 2 unspecified atom stereocenters. The smallest absolute Gasteiger partial charge is 0.118 e.